The second-order valence-electron chi connectivity index (χ2n) is 5.38. The van der Waals surface area contributed by atoms with Gasteiger partial charge < -0.3 is 10.0 Å². The molecule has 2 N–H and O–H groups in total. The van der Waals surface area contributed by atoms with E-state index in [1.54, 1.807) is 6.07 Å². The number of likely N-dealkylation sites (tertiary alicyclic amines) is 1. The van der Waals surface area contributed by atoms with Crippen molar-refractivity contribution < 1.29 is 10.0 Å². The summed E-state index contributed by atoms with van der Waals surface area (Å²) in [5.41, 5.74) is 2.03. The number of hydrogen-bond donors (Lipinski definition) is 2. The fourth-order valence-electron chi connectivity index (χ4n) is 2.45. The van der Waals surface area contributed by atoms with Crippen molar-refractivity contribution in [3.05, 3.63) is 29.8 Å². The van der Waals surface area contributed by atoms with Crippen molar-refractivity contribution in [2.24, 2.45) is 5.41 Å². The minimum Gasteiger partial charge on any atom is -0.423 e. The molecule has 2 rings (SSSR count). The van der Waals surface area contributed by atoms with Crippen molar-refractivity contribution in [2.75, 3.05) is 13.1 Å². The summed E-state index contributed by atoms with van der Waals surface area (Å²) in [5, 5.41) is 18.5. The van der Waals surface area contributed by atoms with Crippen LogP contribution in [0.25, 0.3) is 0 Å². The highest BCUT2D eigenvalue weighted by molar-refractivity contribution is 6.59. The van der Waals surface area contributed by atoms with Crippen molar-refractivity contribution in [1.82, 2.24) is 4.90 Å². The molecular formula is C12H18BNO2. The molecule has 1 fully saturated rings. The van der Waals surface area contributed by atoms with Gasteiger partial charge in [0.25, 0.3) is 0 Å². The minimum absolute atomic E-state index is 0.409. The van der Waals surface area contributed by atoms with E-state index < -0.39 is 7.12 Å². The second-order valence-corrected chi connectivity index (χ2v) is 5.38. The maximum Gasteiger partial charge on any atom is 0.488 e. The first-order chi connectivity index (χ1) is 7.48. The molecule has 4 heteroatoms. The van der Waals surface area contributed by atoms with E-state index in [0.717, 1.165) is 25.2 Å². The topological polar surface area (TPSA) is 43.7 Å². The van der Waals surface area contributed by atoms with Crippen molar-refractivity contribution in [3.8, 4) is 0 Å². The molecule has 0 atom stereocenters. The van der Waals surface area contributed by atoms with Crippen LogP contribution in [0, 0.1) is 5.41 Å². The Kier molecular flexibility index (Phi) is 3.06. The first-order valence-electron chi connectivity index (χ1n) is 5.64. The monoisotopic (exact) mass is 219 g/mol. The summed E-state index contributed by atoms with van der Waals surface area (Å²) in [5.74, 6) is 0. The summed E-state index contributed by atoms with van der Waals surface area (Å²) < 4.78 is 0. The third-order valence-corrected chi connectivity index (χ3v) is 3.03. The van der Waals surface area contributed by atoms with Gasteiger partial charge in [-0.25, -0.2) is 0 Å². The van der Waals surface area contributed by atoms with Crippen LogP contribution >= 0.6 is 0 Å². The van der Waals surface area contributed by atoms with Gasteiger partial charge in [-0.1, -0.05) is 38.1 Å². The summed E-state index contributed by atoms with van der Waals surface area (Å²) >= 11 is 0. The Morgan fingerprint density at radius 1 is 1.25 bits per heavy atom. The lowest BCUT2D eigenvalue weighted by Gasteiger charge is -2.46. The van der Waals surface area contributed by atoms with E-state index in [1.165, 1.54) is 0 Å². The smallest absolute Gasteiger partial charge is 0.423 e. The van der Waals surface area contributed by atoms with Gasteiger partial charge >= 0.3 is 7.12 Å². The molecule has 1 saturated heterocycles. The summed E-state index contributed by atoms with van der Waals surface area (Å²) in [6.07, 6.45) is 0. The Morgan fingerprint density at radius 2 is 1.88 bits per heavy atom. The van der Waals surface area contributed by atoms with Crippen LogP contribution in [0.15, 0.2) is 24.3 Å². The minimum atomic E-state index is -1.37. The first kappa shape index (κ1) is 11.6. The zero-order valence-electron chi connectivity index (χ0n) is 9.85. The molecular weight excluding hydrogens is 201 g/mol. The zero-order chi connectivity index (χ0) is 11.8. The van der Waals surface area contributed by atoms with E-state index in [0.29, 0.717) is 10.9 Å². The van der Waals surface area contributed by atoms with Crippen molar-refractivity contribution in [2.45, 2.75) is 20.4 Å². The van der Waals surface area contributed by atoms with Crippen LogP contribution in [0.1, 0.15) is 19.4 Å². The molecule has 1 aliphatic heterocycles. The van der Waals surface area contributed by atoms with Gasteiger partial charge in [0.1, 0.15) is 0 Å². The molecule has 0 saturated carbocycles. The molecule has 3 nitrogen and oxygen atoms in total. The van der Waals surface area contributed by atoms with E-state index in [1.807, 2.05) is 18.2 Å². The largest absolute Gasteiger partial charge is 0.488 e. The summed E-state index contributed by atoms with van der Waals surface area (Å²) in [4.78, 5) is 2.32. The Labute approximate surface area is 96.9 Å². The molecule has 0 bridgehead atoms. The van der Waals surface area contributed by atoms with E-state index in [9.17, 15) is 10.0 Å². The van der Waals surface area contributed by atoms with E-state index in [-0.39, 0.29) is 0 Å². The average Bonchev–Trinajstić information content (AvgIpc) is 2.15. The van der Waals surface area contributed by atoms with Crippen molar-refractivity contribution in [1.29, 1.82) is 0 Å². The van der Waals surface area contributed by atoms with Crippen molar-refractivity contribution in [3.63, 3.8) is 0 Å². The molecule has 1 aromatic carbocycles. The van der Waals surface area contributed by atoms with Gasteiger partial charge in [0, 0.05) is 19.6 Å². The predicted molar refractivity (Wildman–Crippen MR) is 65.3 cm³/mol. The van der Waals surface area contributed by atoms with Crippen LogP contribution in [0.5, 0.6) is 0 Å². The molecule has 0 aliphatic carbocycles. The molecule has 0 spiro atoms. The maximum absolute atomic E-state index is 9.25. The highest BCUT2D eigenvalue weighted by atomic mass is 16.4. The number of nitrogens with zero attached hydrogens (tertiary/aromatic N) is 1. The number of benzene rings is 1. The number of rotatable bonds is 3. The Morgan fingerprint density at radius 3 is 2.44 bits per heavy atom. The van der Waals surface area contributed by atoms with Gasteiger partial charge in [-0.3, -0.25) is 4.90 Å². The number of hydrogen-bond acceptors (Lipinski definition) is 3. The van der Waals surface area contributed by atoms with Crippen LogP contribution in [-0.4, -0.2) is 35.2 Å². The average molecular weight is 219 g/mol. The van der Waals surface area contributed by atoms with Gasteiger partial charge in [-0.05, 0) is 16.4 Å². The van der Waals surface area contributed by atoms with Gasteiger partial charge in [-0.2, -0.15) is 0 Å². The molecule has 0 unspecified atom stereocenters. The third-order valence-electron chi connectivity index (χ3n) is 3.03. The van der Waals surface area contributed by atoms with E-state index in [4.69, 9.17) is 0 Å². The Hall–Kier alpha value is -0.835. The third kappa shape index (κ3) is 2.46. The van der Waals surface area contributed by atoms with Crippen LogP contribution in [-0.2, 0) is 6.54 Å². The lowest BCUT2D eigenvalue weighted by Crippen LogP contribution is -2.52. The van der Waals surface area contributed by atoms with Crippen LogP contribution < -0.4 is 5.46 Å². The van der Waals surface area contributed by atoms with E-state index >= 15 is 0 Å². The molecule has 86 valence electrons. The molecule has 0 aromatic heterocycles. The lowest BCUT2D eigenvalue weighted by atomic mass is 9.76. The van der Waals surface area contributed by atoms with Crippen LogP contribution in [0.4, 0.5) is 0 Å². The fraction of sp³-hybridized carbons (Fsp3) is 0.500. The SMILES string of the molecule is CC1(C)CN(Cc2ccccc2B(O)O)C1. The normalized spacial score (nSPS) is 19.2. The molecule has 1 aromatic rings. The quantitative estimate of drug-likeness (QED) is 0.714. The Balaban J connectivity index is 2.05. The molecule has 0 radical (unpaired) electrons. The standard InChI is InChI=1S/C12H18BNO2/c1-12(2)8-14(9-12)7-10-5-3-4-6-11(10)13(15)16/h3-6,15-16H,7-9H2,1-2H3. The first-order valence-corrected chi connectivity index (χ1v) is 5.64. The second kappa shape index (κ2) is 4.20. The van der Waals surface area contributed by atoms with Gasteiger partial charge in [0.2, 0.25) is 0 Å². The van der Waals surface area contributed by atoms with E-state index in [2.05, 4.69) is 18.7 Å². The van der Waals surface area contributed by atoms with Gasteiger partial charge in [0.15, 0.2) is 0 Å². The maximum atomic E-state index is 9.25. The van der Waals surface area contributed by atoms with Gasteiger partial charge in [0.05, 0.1) is 0 Å². The highest BCUT2D eigenvalue weighted by Gasteiger charge is 2.34. The lowest BCUT2D eigenvalue weighted by molar-refractivity contribution is 0.0244. The fourth-order valence-corrected chi connectivity index (χ4v) is 2.45. The highest BCUT2D eigenvalue weighted by Crippen LogP contribution is 2.29. The Bertz CT molecular complexity index is 371. The van der Waals surface area contributed by atoms with Crippen molar-refractivity contribution >= 4 is 12.6 Å². The van der Waals surface area contributed by atoms with Gasteiger partial charge in [-0.15, -0.1) is 0 Å². The molecule has 16 heavy (non-hydrogen) atoms. The van der Waals surface area contributed by atoms with Crippen LogP contribution in [0.3, 0.4) is 0 Å². The molecule has 1 heterocycles. The molecule has 0 amide bonds. The van der Waals surface area contributed by atoms with Crippen LogP contribution in [0.2, 0.25) is 0 Å². The summed E-state index contributed by atoms with van der Waals surface area (Å²) in [6.45, 7) is 7.44. The zero-order valence-corrected chi connectivity index (χ0v) is 9.85. The predicted octanol–water partition coefficient (Wildman–Crippen LogP) is 0.208. The molecule has 1 aliphatic rings. The summed E-state index contributed by atoms with van der Waals surface area (Å²) in [7, 11) is -1.37. The summed E-state index contributed by atoms with van der Waals surface area (Å²) in [6, 6.07) is 7.50.